The van der Waals surface area contributed by atoms with Crippen LogP contribution >= 0.6 is 0 Å². The lowest BCUT2D eigenvalue weighted by Crippen LogP contribution is -2.26. The van der Waals surface area contributed by atoms with E-state index < -0.39 is 0 Å². The fourth-order valence-electron chi connectivity index (χ4n) is 2.89. The maximum atomic E-state index is 6.18. The van der Waals surface area contributed by atoms with Crippen LogP contribution in [0.3, 0.4) is 0 Å². The van der Waals surface area contributed by atoms with Gasteiger partial charge in [0, 0.05) is 13.1 Å². The van der Waals surface area contributed by atoms with E-state index in [-0.39, 0.29) is 0 Å². The lowest BCUT2D eigenvalue weighted by atomic mass is 10.0. The van der Waals surface area contributed by atoms with Crippen molar-refractivity contribution in [2.75, 3.05) is 37.2 Å². The number of nitrogens with zero attached hydrogens (tertiary/aromatic N) is 1. The summed E-state index contributed by atoms with van der Waals surface area (Å²) in [6.07, 6.45) is 2.68. The Hall–Kier alpha value is -2.00. The summed E-state index contributed by atoms with van der Waals surface area (Å²) >= 11 is 0. The quantitative estimate of drug-likeness (QED) is 0.825. The van der Waals surface area contributed by atoms with Crippen molar-refractivity contribution >= 4 is 11.4 Å². The minimum atomic E-state index is 0.817. The monoisotopic (exact) mass is 281 g/mol. The van der Waals surface area contributed by atoms with Crippen molar-refractivity contribution in [3.05, 3.63) is 48.5 Å². The van der Waals surface area contributed by atoms with Crippen LogP contribution in [0.5, 0.6) is 0 Å². The van der Waals surface area contributed by atoms with Crippen LogP contribution in [0.15, 0.2) is 48.5 Å². The molecule has 0 amide bonds. The molecule has 3 rings (SSSR count). The zero-order valence-corrected chi connectivity index (χ0v) is 12.4. The second-order valence-corrected chi connectivity index (χ2v) is 5.64. The summed E-state index contributed by atoms with van der Waals surface area (Å²) in [7, 11) is 0. The highest BCUT2D eigenvalue weighted by atomic mass is 15.1. The van der Waals surface area contributed by atoms with Crippen molar-refractivity contribution in [1.82, 2.24) is 4.90 Å². The van der Waals surface area contributed by atoms with Crippen LogP contribution in [-0.2, 0) is 0 Å². The third-order valence-electron chi connectivity index (χ3n) is 4.10. The molecule has 0 aromatic heterocycles. The molecule has 0 spiro atoms. The first-order valence-electron chi connectivity index (χ1n) is 7.74. The van der Waals surface area contributed by atoms with E-state index in [1.165, 1.54) is 31.5 Å². The molecule has 110 valence electrons. The molecule has 3 heteroatoms. The number of rotatable bonds is 5. The molecule has 1 heterocycles. The molecule has 1 saturated heterocycles. The Balaban J connectivity index is 1.61. The number of anilines is 2. The number of nitrogens with one attached hydrogen (secondary N) is 1. The zero-order valence-electron chi connectivity index (χ0n) is 12.4. The van der Waals surface area contributed by atoms with Gasteiger partial charge < -0.3 is 16.0 Å². The van der Waals surface area contributed by atoms with Gasteiger partial charge in [0.25, 0.3) is 0 Å². The van der Waals surface area contributed by atoms with Gasteiger partial charge in [-0.2, -0.15) is 0 Å². The predicted octanol–water partition coefficient (Wildman–Crippen LogP) is 3.44. The molecular formula is C18H23N3. The molecule has 0 atom stereocenters. The summed E-state index contributed by atoms with van der Waals surface area (Å²) in [5.74, 6) is 0. The average Bonchev–Trinajstić information content (AvgIpc) is 3.03. The van der Waals surface area contributed by atoms with Gasteiger partial charge in [-0.25, -0.2) is 0 Å². The summed E-state index contributed by atoms with van der Waals surface area (Å²) in [6.45, 7) is 4.53. The smallest absolute Gasteiger partial charge is 0.0574 e. The first-order valence-corrected chi connectivity index (χ1v) is 7.74. The van der Waals surface area contributed by atoms with Crippen molar-refractivity contribution in [2.24, 2.45) is 0 Å². The highest BCUT2D eigenvalue weighted by Gasteiger charge is 2.10. The Morgan fingerprint density at radius 3 is 2.43 bits per heavy atom. The van der Waals surface area contributed by atoms with Gasteiger partial charge in [-0.1, -0.05) is 36.4 Å². The standard InChI is InChI=1S/C18H23N3/c19-17-14-16(15-6-2-1-3-7-15)8-9-18(17)20-10-13-21-11-4-5-12-21/h1-3,6-9,14,20H,4-5,10-13,19H2. The van der Waals surface area contributed by atoms with Crippen LogP contribution in [0.4, 0.5) is 11.4 Å². The molecule has 1 fully saturated rings. The molecular weight excluding hydrogens is 258 g/mol. The van der Waals surface area contributed by atoms with Gasteiger partial charge in [-0.05, 0) is 49.2 Å². The van der Waals surface area contributed by atoms with E-state index in [9.17, 15) is 0 Å². The van der Waals surface area contributed by atoms with Gasteiger partial charge in [0.15, 0.2) is 0 Å². The van der Waals surface area contributed by atoms with Gasteiger partial charge in [-0.15, -0.1) is 0 Å². The molecule has 2 aromatic rings. The molecule has 0 saturated carbocycles. The van der Waals surface area contributed by atoms with Gasteiger partial charge in [0.2, 0.25) is 0 Å². The van der Waals surface area contributed by atoms with Crippen LogP contribution in [0.25, 0.3) is 11.1 Å². The Morgan fingerprint density at radius 2 is 1.71 bits per heavy atom. The maximum Gasteiger partial charge on any atom is 0.0574 e. The fraction of sp³-hybridized carbons (Fsp3) is 0.333. The molecule has 2 aromatic carbocycles. The number of benzene rings is 2. The fourth-order valence-corrected chi connectivity index (χ4v) is 2.89. The van der Waals surface area contributed by atoms with E-state index in [2.05, 4.69) is 34.5 Å². The third-order valence-corrected chi connectivity index (χ3v) is 4.10. The molecule has 0 unspecified atom stereocenters. The number of hydrogen-bond donors (Lipinski definition) is 2. The second kappa shape index (κ2) is 6.64. The molecule has 0 aliphatic carbocycles. The van der Waals surface area contributed by atoms with Gasteiger partial charge in [0.05, 0.1) is 11.4 Å². The van der Waals surface area contributed by atoms with Crippen molar-refractivity contribution in [2.45, 2.75) is 12.8 Å². The van der Waals surface area contributed by atoms with E-state index in [4.69, 9.17) is 5.73 Å². The van der Waals surface area contributed by atoms with E-state index in [0.29, 0.717) is 0 Å². The van der Waals surface area contributed by atoms with Crippen LogP contribution in [-0.4, -0.2) is 31.1 Å². The largest absolute Gasteiger partial charge is 0.397 e. The SMILES string of the molecule is Nc1cc(-c2ccccc2)ccc1NCCN1CCCC1. The van der Waals surface area contributed by atoms with Crippen molar-refractivity contribution in [3.8, 4) is 11.1 Å². The van der Waals surface area contributed by atoms with Gasteiger partial charge in [-0.3, -0.25) is 0 Å². The van der Waals surface area contributed by atoms with E-state index >= 15 is 0 Å². The molecule has 1 aliphatic rings. The van der Waals surface area contributed by atoms with E-state index in [1.807, 2.05) is 24.3 Å². The minimum absolute atomic E-state index is 0.817. The normalized spacial score (nSPS) is 15.2. The van der Waals surface area contributed by atoms with Crippen LogP contribution < -0.4 is 11.1 Å². The van der Waals surface area contributed by atoms with Crippen molar-refractivity contribution in [3.63, 3.8) is 0 Å². The number of nitrogen functional groups attached to an aromatic ring is 1. The van der Waals surface area contributed by atoms with E-state index in [1.54, 1.807) is 0 Å². The maximum absolute atomic E-state index is 6.18. The first-order chi connectivity index (χ1) is 10.3. The van der Waals surface area contributed by atoms with Crippen LogP contribution in [0.2, 0.25) is 0 Å². The third kappa shape index (κ3) is 3.56. The first kappa shape index (κ1) is 14.0. The molecule has 0 bridgehead atoms. The number of likely N-dealkylation sites (tertiary alicyclic amines) is 1. The highest BCUT2D eigenvalue weighted by Crippen LogP contribution is 2.26. The molecule has 1 aliphatic heterocycles. The lowest BCUT2D eigenvalue weighted by Gasteiger charge is -2.16. The Kier molecular flexibility index (Phi) is 4.41. The van der Waals surface area contributed by atoms with Crippen LogP contribution in [0, 0.1) is 0 Å². The number of hydrogen-bond acceptors (Lipinski definition) is 3. The molecule has 21 heavy (non-hydrogen) atoms. The number of nitrogens with two attached hydrogens (primary N) is 1. The average molecular weight is 281 g/mol. The molecule has 3 N–H and O–H groups in total. The lowest BCUT2D eigenvalue weighted by molar-refractivity contribution is 0.353. The second-order valence-electron chi connectivity index (χ2n) is 5.64. The summed E-state index contributed by atoms with van der Waals surface area (Å²) in [5, 5.41) is 3.45. The highest BCUT2D eigenvalue weighted by molar-refractivity contribution is 5.75. The van der Waals surface area contributed by atoms with E-state index in [0.717, 1.165) is 30.0 Å². The van der Waals surface area contributed by atoms with Gasteiger partial charge in [0.1, 0.15) is 0 Å². The summed E-state index contributed by atoms with van der Waals surface area (Å²) in [6, 6.07) is 16.6. The summed E-state index contributed by atoms with van der Waals surface area (Å²) in [4.78, 5) is 2.50. The van der Waals surface area contributed by atoms with Crippen LogP contribution in [0.1, 0.15) is 12.8 Å². The molecule has 0 radical (unpaired) electrons. The minimum Gasteiger partial charge on any atom is -0.397 e. The Labute approximate surface area is 126 Å². The van der Waals surface area contributed by atoms with Gasteiger partial charge >= 0.3 is 0 Å². The Morgan fingerprint density at radius 1 is 0.952 bits per heavy atom. The summed E-state index contributed by atoms with van der Waals surface area (Å²) < 4.78 is 0. The predicted molar refractivity (Wildman–Crippen MR) is 90.5 cm³/mol. The van der Waals surface area contributed by atoms with Crippen molar-refractivity contribution < 1.29 is 0 Å². The Bertz CT molecular complexity index is 574. The zero-order chi connectivity index (χ0) is 14.5. The van der Waals surface area contributed by atoms with Crippen molar-refractivity contribution in [1.29, 1.82) is 0 Å². The topological polar surface area (TPSA) is 41.3 Å². The molecule has 3 nitrogen and oxygen atoms in total. The summed E-state index contributed by atoms with van der Waals surface area (Å²) in [5.41, 5.74) is 10.4.